The Kier molecular flexibility index (Phi) is 3.29. The highest BCUT2D eigenvalue weighted by Gasteiger charge is 2.07. The van der Waals surface area contributed by atoms with Crippen molar-refractivity contribution in [2.45, 2.75) is 19.4 Å². The zero-order valence-electron chi connectivity index (χ0n) is 8.37. The van der Waals surface area contributed by atoms with Gasteiger partial charge < -0.3 is 9.84 Å². The molecule has 1 aliphatic rings. The third kappa shape index (κ3) is 2.76. The van der Waals surface area contributed by atoms with Gasteiger partial charge in [-0.3, -0.25) is 0 Å². The molecule has 0 spiro atoms. The van der Waals surface area contributed by atoms with Crippen LogP contribution < -0.4 is 5.32 Å². The van der Waals surface area contributed by atoms with E-state index in [1.165, 1.54) is 6.26 Å². The number of nitrogens with one attached hydrogen (secondary N) is 1. The summed E-state index contributed by atoms with van der Waals surface area (Å²) >= 11 is 0. The molecule has 2 rings (SSSR count). The van der Waals surface area contributed by atoms with E-state index < -0.39 is 0 Å². The van der Waals surface area contributed by atoms with Crippen molar-refractivity contribution in [2.24, 2.45) is 0 Å². The Bertz CT molecular complexity index is 368. The first-order valence-electron chi connectivity index (χ1n) is 5.01. The molecule has 0 fully saturated rings. The number of allylic oxidation sites excluding steroid dienone is 2. The van der Waals surface area contributed by atoms with Gasteiger partial charge in [0.2, 0.25) is 0 Å². The predicted octanol–water partition coefficient (Wildman–Crippen LogP) is 2.34. The Morgan fingerprint density at radius 3 is 2.93 bits per heavy atom. The molecule has 1 heterocycles. The van der Waals surface area contributed by atoms with Crippen molar-refractivity contribution >= 4 is 0 Å². The van der Waals surface area contributed by atoms with Gasteiger partial charge in [0.25, 0.3) is 0 Å². The van der Waals surface area contributed by atoms with E-state index in [9.17, 15) is 4.39 Å². The third-order valence-electron chi connectivity index (χ3n) is 2.30. The molecule has 0 aliphatic heterocycles. The highest BCUT2D eigenvalue weighted by molar-refractivity contribution is 5.29. The zero-order chi connectivity index (χ0) is 10.5. The monoisotopic (exact) mass is 208 g/mol. The Hall–Kier alpha value is -1.42. The minimum Gasteiger partial charge on any atom is -0.364 e. The second-order valence-corrected chi connectivity index (χ2v) is 3.45. The summed E-state index contributed by atoms with van der Waals surface area (Å²) in [5.41, 5.74) is 1.57. The van der Waals surface area contributed by atoms with Crippen molar-refractivity contribution in [1.82, 2.24) is 10.5 Å². The molecule has 1 N–H and O–H groups in total. The Morgan fingerprint density at radius 1 is 1.33 bits per heavy atom. The standard InChI is InChI=1S/C11H13FN2O/c12-11-4-2-1-3-9(11)7-13-8-10-5-6-15-14-10/h3-6,13H,1-2,7-8H2. The first kappa shape index (κ1) is 10.1. The van der Waals surface area contributed by atoms with Gasteiger partial charge in [-0.15, -0.1) is 0 Å². The van der Waals surface area contributed by atoms with E-state index in [1.54, 1.807) is 12.1 Å². The molecule has 3 nitrogen and oxygen atoms in total. The Morgan fingerprint density at radius 2 is 2.20 bits per heavy atom. The van der Waals surface area contributed by atoms with Crippen LogP contribution in [0.15, 0.2) is 40.4 Å². The largest absolute Gasteiger partial charge is 0.364 e. The Balaban J connectivity index is 1.79. The fourth-order valence-electron chi connectivity index (χ4n) is 1.51. The van der Waals surface area contributed by atoms with Gasteiger partial charge in [0.15, 0.2) is 0 Å². The maximum absolute atomic E-state index is 13.2. The molecule has 0 saturated carbocycles. The SMILES string of the molecule is FC1=CCCC=C1CNCc1ccon1. The number of hydrogen-bond acceptors (Lipinski definition) is 3. The fourth-order valence-corrected chi connectivity index (χ4v) is 1.51. The maximum Gasteiger partial charge on any atom is 0.124 e. The van der Waals surface area contributed by atoms with Crippen molar-refractivity contribution in [3.63, 3.8) is 0 Å². The third-order valence-corrected chi connectivity index (χ3v) is 2.30. The second-order valence-electron chi connectivity index (χ2n) is 3.45. The van der Waals surface area contributed by atoms with Gasteiger partial charge in [0.05, 0.1) is 5.69 Å². The molecule has 0 atom stereocenters. The average Bonchev–Trinajstić information content (AvgIpc) is 2.74. The minimum atomic E-state index is -0.103. The van der Waals surface area contributed by atoms with Crippen LogP contribution in [0.1, 0.15) is 18.5 Å². The van der Waals surface area contributed by atoms with E-state index in [-0.39, 0.29) is 5.83 Å². The molecule has 1 aliphatic carbocycles. The molecule has 0 unspecified atom stereocenters. The molecular weight excluding hydrogens is 195 g/mol. The summed E-state index contributed by atoms with van der Waals surface area (Å²) in [6.45, 7) is 1.14. The summed E-state index contributed by atoms with van der Waals surface area (Å²) in [6, 6.07) is 1.79. The first-order chi connectivity index (χ1) is 7.36. The number of aromatic nitrogens is 1. The lowest BCUT2D eigenvalue weighted by atomic mass is 10.1. The van der Waals surface area contributed by atoms with Crippen LogP contribution in [0.3, 0.4) is 0 Å². The van der Waals surface area contributed by atoms with Crippen LogP contribution in [0.2, 0.25) is 0 Å². The minimum absolute atomic E-state index is 0.103. The summed E-state index contributed by atoms with van der Waals surface area (Å²) in [7, 11) is 0. The molecule has 1 aromatic rings. The molecule has 4 heteroatoms. The molecule has 0 amide bonds. The van der Waals surface area contributed by atoms with Crippen molar-refractivity contribution in [3.8, 4) is 0 Å². The van der Waals surface area contributed by atoms with Gasteiger partial charge in [-0.1, -0.05) is 11.2 Å². The lowest BCUT2D eigenvalue weighted by molar-refractivity contribution is 0.409. The van der Waals surface area contributed by atoms with Crippen LogP contribution in [0.4, 0.5) is 4.39 Å². The van der Waals surface area contributed by atoms with Crippen LogP contribution in [0, 0.1) is 0 Å². The lowest BCUT2D eigenvalue weighted by Gasteiger charge is -2.09. The van der Waals surface area contributed by atoms with Crippen molar-refractivity contribution < 1.29 is 8.91 Å². The van der Waals surface area contributed by atoms with E-state index >= 15 is 0 Å². The van der Waals surface area contributed by atoms with Crippen molar-refractivity contribution in [2.75, 3.05) is 6.54 Å². The van der Waals surface area contributed by atoms with Gasteiger partial charge in [-0.05, 0) is 24.5 Å². The van der Waals surface area contributed by atoms with E-state index in [0.29, 0.717) is 13.1 Å². The van der Waals surface area contributed by atoms with Crippen LogP contribution in [-0.4, -0.2) is 11.7 Å². The van der Waals surface area contributed by atoms with Crippen LogP contribution >= 0.6 is 0 Å². The van der Waals surface area contributed by atoms with E-state index in [2.05, 4.69) is 15.0 Å². The van der Waals surface area contributed by atoms with E-state index in [4.69, 9.17) is 0 Å². The van der Waals surface area contributed by atoms with Crippen molar-refractivity contribution in [1.29, 1.82) is 0 Å². The molecule has 80 valence electrons. The highest BCUT2D eigenvalue weighted by atomic mass is 19.1. The number of nitrogens with zero attached hydrogens (tertiary/aromatic N) is 1. The summed E-state index contributed by atoms with van der Waals surface area (Å²) in [4.78, 5) is 0. The van der Waals surface area contributed by atoms with E-state index in [0.717, 1.165) is 24.1 Å². The van der Waals surface area contributed by atoms with Crippen LogP contribution in [-0.2, 0) is 6.54 Å². The summed E-state index contributed by atoms with van der Waals surface area (Å²) in [5.74, 6) is -0.103. The summed E-state index contributed by atoms with van der Waals surface area (Å²) in [5, 5.41) is 6.87. The predicted molar refractivity (Wildman–Crippen MR) is 54.7 cm³/mol. The average molecular weight is 208 g/mol. The van der Waals surface area contributed by atoms with Gasteiger partial charge in [-0.25, -0.2) is 4.39 Å². The normalized spacial score (nSPS) is 16.1. The number of rotatable bonds is 4. The first-order valence-corrected chi connectivity index (χ1v) is 5.01. The van der Waals surface area contributed by atoms with Crippen LogP contribution in [0.5, 0.6) is 0 Å². The maximum atomic E-state index is 13.2. The quantitative estimate of drug-likeness (QED) is 0.825. The summed E-state index contributed by atoms with van der Waals surface area (Å²) in [6.07, 6.45) is 6.82. The van der Waals surface area contributed by atoms with Gasteiger partial charge in [0.1, 0.15) is 12.1 Å². The van der Waals surface area contributed by atoms with Crippen molar-refractivity contribution in [3.05, 3.63) is 41.6 Å². The second kappa shape index (κ2) is 4.89. The number of halogens is 1. The molecule has 0 radical (unpaired) electrons. The zero-order valence-corrected chi connectivity index (χ0v) is 8.37. The summed E-state index contributed by atoms with van der Waals surface area (Å²) < 4.78 is 17.9. The lowest BCUT2D eigenvalue weighted by Crippen LogP contribution is -2.17. The smallest absolute Gasteiger partial charge is 0.124 e. The molecule has 1 aromatic heterocycles. The number of hydrogen-bond donors (Lipinski definition) is 1. The topological polar surface area (TPSA) is 38.1 Å². The molecule has 0 bridgehead atoms. The molecule has 0 aromatic carbocycles. The Labute approximate surface area is 87.6 Å². The van der Waals surface area contributed by atoms with Gasteiger partial charge in [-0.2, -0.15) is 0 Å². The van der Waals surface area contributed by atoms with Crippen LogP contribution in [0.25, 0.3) is 0 Å². The van der Waals surface area contributed by atoms with Gasteiger partial charge >= 0.3 is 0 Å². The van der Waals surface area contributed by atoms with E-state index in [1.807, 2.05) is 6.08 Å². The molecular formula is C11H13FN2O. The highest BCUT2D eigenvalue weighted by Crippen LogP contribution is 2.18. The molecule has 0 saturated heterocycles. The fraction of sp³-hybridized carbons (Fsp3) is 0.364. The molecule has 15 heavy (non-hydrogen) atoms. The van der Waals surface area contributed by atoms with Gasteiger partial charge in [0, 0.05) is 19.2 Å².